The van der Waals surface area contributed by atoms with Gasteiger partial charge in [-0.2, -0.15) is 4.98 Å². The van der Waals surface area contributed by atoms with E-state index < -0.39 is 11.1 Å². The predicted molar refractivity (Wildman–Crippen MR) is 70.7 cm³/mol. The normalized spacial score (nSPS) is 10.4. The van der Waals surface area contributed by atoms with Gasteiger partial charge in [0.25, 0.3) is 0 Å². The number of aryl methyl sites for hydroxylation is 1. The second kappa shape index (κ2) is 5.23. The van der Waals surface area contributed by atoms with Crippen molar-refractivity contribution in [2.24, 2.45) is 7.05 Å². The van der Waals surface area contributed by atoms with Crippen LogP contribution in [0.5, 0.6) is 0 Å². The van der Waals surface area contributed by atoms with E-state index >= 15 is 0 Å². The number of nitrogens with zero attached hydrogens (tertiary/aromatic N) is 2. The minimum atomic E-state index is -0.846. The van der Waals surface area contributed by atoms with E-state index in [-0.39, 0.29) is 5.78 Å². The number of ketones is 1. The van der Waals surface area contributed by atoms with Crippen LogP contribution in [0.25, 0.3) is 0 Å². The molecule has 0 atom stereocenters. The highest BCUT2D eigenvalue weighted by atomic mass is 32.2. The number of rotatable bonds is 3. The molecule has 0 aliphatic heterocycles. The Morgan fingerprint density at radius 2 is 2.00 bits per heavy atom. The van der Waals surface area contributed by atoms with Gasteiger partial charge >= 0.3 is 11.1 Å². The summed E-state index contributed by atoms with van der Waals surface area (Å²) in [7, 11) is 1.58. The van der Waals surface area contributed by atoms with Gasteiger partial charge in [-0.05, 0) is 24.8 Å². The maximum atomic E-state index is 11.5. The Hall–Kier alpha value is -2.15. The number of aromatic nitrogens is 3. The summed E-state index contributed by atoms with van der Waals surface area (Å²) < 4.78 is 1.35. The van der Waals surface area contributed by atoms with E-state index in [1.54, 1.807) is 31.3 Å². The zero-order valence-corrected chi connectivity index (χ0v) is 11.2. The molecule has 2 aromatic rings. The number of aromatic amines is 1. The van der Waals surface area contributed by atoms with Crippen molar-refractivity contribution in [3.63, 3.8) is 0 Å². The molecule has 0 aliphatic carbocycles. The molecule has 0 bridgehead atoms. The van der Waals surface area contributed by atoms with Gasteiger partial charge in [0.2, 0.25) is 0 Å². The fraction of sp³-hybridized carbons (Fsp3) is 0.167. The molecule has 0 spiro atoms. The second-order valence-electron chi connectivity index (χ2n) is 3.85. The summed E-state index contributed by atoms with van der Waals surface area (Å²) in [6.07, 6.45) is 0. The lowest BCUT2D eigenvalue weighted by atomic mass is 10.1. The molecular weight excluding hydrogens is 266 g/mol. The van der Waals surface area contributed by atoms with Crippen LogP contribution in [0.3, 0.4) is 0 Å². The van der Waals surface area contributed by atoms with Gasteiger partial charge in [0.15, 0.2) is 10.9 Å². The molecule has 0 saturated heterocycles. The molecule has 1 heterocycles. The lowest BCUT2D eigenvalue weighted by Gasteiger charge is -2.08. The zero-order chi connectivity index (χ0) is 14.0. The maximum absolute atomic E-state index is 11.5. The molecule has 0 radical (unpaired) electrons. The van der Waals surface area contributed by atoms with E-state index in [4.69, 9.17) is 0 Å². The van der Waals surface area contributed by atoms with E-state index in [1.165, 1.54) is 11.6 Å². The van der Waals surface area contributed by atoms with Gasteiger partial charge in [0.1, 0.15) is 0 Å². The van der Waals surface area contributed by atoms with E-state index in [0.29, 0.717) is 15.6 Å². The summed E-state index contributed by atoms with van der Waals surface area (Å²) in [4.78, 5) is 38.2. The molecule has 6 nitrogen and oxygen atoms in total. The number of hydrogen-bond donors (Lipinski definition) is 1. The standard InChI is InChI=1S/C12H11N3O3S/c1-7(16)8-5-3-4-6-9(8)19-12-13-10(17)11(18)14-15(12)2/h3-6H,1-2H3,(H,14,18). The minimum Gasteiger partial charge on any atom is -0.294 e. The quantitative estimate of drug-likeness (QED) is 0.663. The van der Waals surface area contributed by atoms with Crippen LogP contribution >= 0.6 is 11.8 Å². The van der Waals surface area contributed by atoms with Crippen LogP contribution in [0.4, 0.5) is 0 Å². The Bertz CT molecular complexity index is 748. The molecule has 0 aliphatic rings. The van der Waals surface area contributed by atoms with Crippen LogP contribution < -0.4 is 11.1 Å². The first-order valence-corrected chi connectivity index (χ1v) is 6.26. The summed E-state index contributed by atoms with van der Waals surface area (Å²) >= 11 is 1.15. The number of hydrogen-bond acceptors (Lipinski definition) is 5. The molecule has 98 valence electrons. The lowest BCUT2D eigenvalue weighted by molar-refractivity contribution is 0.101. The van der Waals surface area contributed by atoms with E-state index in [2.05, 4.69) is 10.1 Å². The van der Waals surface area contributed by atoms with Crippen molar-refractivity contribution in [2.45, 2.75) is 17.0 Å². The molecule has 0 saturated carbocycles. The number of carbonyl (C=O) groups is 1. The Balaban J connectivity index is 2.48. The number of benzene rings is 1. The first-order valence-electron chi connectivity index (χ1n) is 5.44. The molecule has 1 N–H and O–H groups in total. The molecule has 1 aromatic heterocycles. The number of nitrogens with one attached hydrogen (secondary N) is 1. The number of Topliss-reactive ketones (excluding diaryl/α,β-unsaturated/α-hetero) is 1. The fourth-order valence-electron chi connectivity index (χ4n) is 1.50. The van der Waals surface area contributed by atoms with Gasteiger partial charge < -0.3 is 0 Å². The summed E-state index contributed by atoms with van der Waals surface area (Å²) in [5.41, 5.74) is -1.07. The molecule has 7 heteroatoms. The summed E-state index contributed by atoms with van der Waals surface area (Å²) in [6.45, 7) is 1.47. The Morgan fingerprint density at radius 3 is 2.68 bits per heavy atom. The fourth-order valence-corrected chi connectivity index (χ4v) is 2.47. The van der Waals surface area contributed by atoms with Crippen LogP contribution in [-0.4, -0.2) is 20.5 Å². The average molecular weight is 277 g/mol. The highest BCUT2D eigenvalue weighted by molar-refractivity contribution is 7.99. The minimum absolute atomic E-state index is 0.0717. The summed E-state index contributed by atoms with van der Waals surface area (Å²) in [5.74, 6) is -0.0717. The third-order valence-electron chi connectivity index (χ3n) is 2.42. The number of carbonyl (C=O) groups excluding carboxylic acids is 1. The molecule has 2 rings (SSSR count). The predicted octanol–water partition coefficient (Wildman–Crippen LogP) is 0.822. The smallest absolute Gasteiger partial charge is 0.294 e. The molecule has 0 amide bonds. The zero-order valence-electron chi connectivity index (χ0n) is 10.3. The molecular formula is C12H11N3O3S. The average Bonchev–Trinajstić information content (AvgIpc) is 2.36. The molecule has 19 heavy (non-hydrogen) atoms. The van der Waals surface area contributed by atoms with Crippen LogP contribution in [0.2, 0.25) is 0 Å². The molecule has 1 aromatic carbocycles. The number of H-pyrrole nitrogens is 1. The third kappa shape index (κ3) is 2.82. The molecule has 0 unspecified atom stereocenters. The van der Waals surface area contributed by atoms with Crippen LogP contribution in [-0.2, 0) is 7.05 Å². The van der Waals surface area contributed by atoms with Gasteiger partial charge in [-0.1, -0.05) is 18.2 Å². The first kappa shape index (κ1) is 13.3. The van der Waals surface area contributed by atoms with Crippen LogP contribution in [0, 0.1) is 0 Å². The monoisotopic (exact) mass is 277 g/mol. The molecule has 0 fully saturated rings. The first-order chi connectivity index (χ1) is 8.99. The van der Waals surface area contributed by atoms with Crippen molar-refractivity contribution in [3.05, 3.63) is 50.5 Å². The van der Waals surface area contributed by atoms with E-state index in [0.717, 1.165) is 11.8 Å². The van der Waals surface area contributed by atoms with Crippen molar-refractivity contribution in [3.8, 4) is 0 Å². The third-order valence-corrected chi connectivity index (χ3v) is 3.54. The SMILES string of the molecule is CC(=O)c1ccccc1Sc1nc(=O)c(=O)[nH]n1C. The van der Waals surface area contributed by atoms with Gasteiger partial charge in [-0.15, -0.1) is 0 Å². The summed E-state index contributed by atoms with van der Waals surface area (Å²) in [5, 5.41) is 2.67. The lowest BCUT2D eigenvalue weighted by Crippen LogP contribution is -2.33. The van der Waals surface area contributed by atoms with Gasteiger partial charge in [-0.25, -0.2) is 0 Å². The Kier molecular flexibility index (Phi) is 3.66. The second-order valence-corrected chi connectivity index (χ2v) is 4.86. The Morgan fingerprint density at radius 1 is 1.32 bits per heavy atom. The van der Waals surface area contributed by atoms with Crippen molar-refractivity contribution in [1.82, 2.24) is 14.8 Å². The highest BCUT2D eigenvalue weighted by Crippen LogP contribution is 2.27. The largest absolute Gasteiger partial charge is 0.339 e. The van der Waals surface area contributed by atoms with Gasteiger partial charge in [0.05, 0.1) is 0 Å². The highest BCUT2D eigenvalue weighted by Gasteiger charge is 2.11. The van der Waals surface area contributed by atoms with Crippen molar-refractivity contribution in [2.75, 3.05) is 0 Å². The van der Waals surface area contributed by atoms with E-state index in [9.17, 15) is 14.4 Å². The van der Waals surface area contributed by atoms with Gasteiger partial charge in [0, 0.05) is 17.5 Å². The summed E-state index contributed by atoms with van der Waals surface area (Å²) in [6, 6.07) is 7.02. The van der Waals surface area contributed by atoms with E-state index in [1.807, 2.05) is 0 Å². The van der Waals surface area contributed by atoms with Crippen LogP contribution in [0.15, 0.2) is 43.9 Å². The van der Waals surface area contributed by atoms with Gasteiger partial charge in [-0.3, -0.25) is 24.2 Å². The Labute approximate surface area is 112 Å². The maximum Gasteiger partial charge on any atom is 0.339 e. The van der Waals surface area contributed by atoms with Crippen molar-refractivity contribution in [1.29, 1.82) is 0 Å². The van der Waals surface area contributed by atoms with Crippen molar-refractivity contribution >= 4 is 17.5 Å². The van der Waals surface area contributed by atoms with Crippen LogP contribution in [0.1, 0.15) is 17.3 Å². The topological polar surface area (TPSA) is 84.8 Å². The van der Waals surface area contributed by atoms with Crippen molar-refractivity contribution < 1.29 is 4.79 Å².